The lowest BCUT2D eigenvalue weighted by atomic mass is 10.0. The summed E-state index contributed by atoms with van der Waals surface area (Å²) in [5.74, 6) is 0.545. The molecule has 0 radical (unpaired) electrons. The third-order valence-electron chi connectivity index (χ3n) is 6.14. The number of imidazole rings is 1. The van der Waals surface area contributed by atoms with Crippen LogP contribution in [0.15, 0.2) is 48.7 Å². The second kappa shape index (κ2) is 8.76. The number of piperazine rings is 1. The molecule has 1 aliphatic rings. The molecule has 170 valence electrons. The first-order chi connectivity index (χ1) is 16.0. The molecular weight excluding hydrogens is 421 g/mol. The maximum absolute atomic E-state index is 13.6. The molecule has 0 bridgehead atoms. The van der Waals surface area contributed by atoms with Gasteiger partial charge in [0.1, 0.15) is 17.3 Å². The first-order valence-corrected chi connectivity index (χ1v) is 11.0. The molecule has 1 aromatic carbocycles. The van der Waals surface area contributed by atoms with Gasteiger partial charge >= 0.3 is 0 Å². The molecule has 8 nitrogen and oxygen atoms in total. The van der Waals surface area contributed by atoms with Crippen molar-refractivity contribution in [1.29, 1.82) is 0 Å². The number of nitrogen functional groups attached to an aromatic ring is 1. The van der Waals surface area contributed by atoms with Gasteiger partial charge in [-0.25, -0.2) is 13.9 Å². The molecule has 1 aliphatic heterocycles. The van der Waals surface area contributed by atoms with Crippen LogP contribution in [0.3, 0.4) is 0 Å². The highest BCUT2D eigenvalue weighted by atomic mass is 19.1. The maximum atomic E-state index is 13.6. The van der Waals surface area contributed by atoms with E-state index in [4.69, 9.17) is 15.8 Å². The molecule has 3 N–H and O–H groups in total. The predicted octanol–water partition coefficient (Wildman–Crippen LogP) is 2.60. The minimum Gasteiger partial charge on any atom is -0.397 e. The molecule has 1 saturated heterocycles. The van der Waals surface area contributed by atoms with Crippen LogP contribution >= 0.6 is 0 Å². The van der Waals surface area contributed by atoms with Gasteiger partial charge in [0.25, 0.3) is 0 Å². The molecule has 5 rings (SSSR count). The molecule has 4 aromatic rings. The zero-order valence-electron chi connectivity index (χ0n) is 18.4. The van der Waals surface area contributed by atoms with E-state index in [1.54, 1.807) is 18.3 Å². The second-order valence-electron chi connectivity index (χ2n) is 8.19. The number of halogens is 1. The molecule has 1 fully saturated rings. The summed E-state index contributed by atoms with van der Waals surface area (Å²) in [5.41, 5.74) is 11.4. The van der Waals surface area contributed by atoms with E-state index in [0.29, 0.717) is 23.6 Å². The molecular formula is C24H26FN7O. The number of nitrogens with two attached hydrogens (primary N) is 1. The van der Waals surface area contributed by atoms with Gasteiger partial charge < -0.3 is 15.7 Å². The van der Waals surface area contributed by atoms with Crippen molar-refractivity contribution in [2.75, 3.05) is 50.0 Å². The van der Waals surface area contributed by atoms with E-state index in [1.165, 1.54) is 12.1 Å². The Kier molecular flexibility index (Phi) is 5.65. The van der Waals surface area contributed by atoms with Crippen LogP contribution in [-0.4, -0.2) is 68.9 Å². The molecule has 0 saturated carbocycles. The van der Waals surface area contributed by atoms with E-state index in [2.05, 4.69) is 14.8 Å². The van der Waals surface area contributed by atoms with Crippen molar-refractivity contribution in [3.8, 4) is 22.5 Å². The Bertz CT molecular complexity index is 1280. The van der Waals surface area contributed by atoms with Crippen LogP contribution in [0.2, 0.25) is 0 Å². The van der Waals surface area contributed by atoms with Gasteiger partial charge in [0.05, 0.1) is 23.7 Å². The van der Waals surface area contributed by atoms with Crippen molar-refractivity contribution in [2.45, 2.75) is 6.92 Å². The summed E-state index contributed by atoms with van der Waals surface area (Å²) in [6, 6.07) is 12.1. The lowest BCUT2D eigenvalue weighted by Crippen LogP contribution is -2.47. The number of fused-ring (bicyclic) bond motifs is 1. The summed E-state index contributed by atoms with van der Waals surface area (Å²) in [6.45, 7) is 6.11. The molecule has 3 aromatic heterocycles. The smallest absolute Gasteiger partial charge is 0.155 e. The third-order valence-corrected chi connectivity index (χ3v) is 6.14. The minimum atomic E-state index is -0.302. The molecule has 0 spiro atoms. The Morgan fingerprint density at radius 3 is 2.52 bits per heavy atom. The highest BCUT2D eigenvalue weighted by Gasteiger charge is 2.22. The summed E-state index contributed by atoms with van der Waals surface area (Å²) in [7, 11) is 0. The first-order valence-electron chi connectivity index (χ1n) is 11.0. The van der Waals surface area contributed by atoms with Crippen LogP contribution in [0.25, 0.3) is 28.2 Å². The van der Waals surface area contributed by atoms with Crippen LogP contribution in [-0.2, 0) is 0 Å². The Labute approximate surface area is 191 Å². The van der Waals surface area contributed by atoms with E-state index in [9.17, 15) is 9.50 Å². The van der Waals surface area contributed by atoms with E-state index >= 15 is 0 Å². The van der Waals surface area contributed by atoms with Crippen LogP contribution in [0, 0.1) is 12.7 Å². The lowest BCUT2D eigenvalue weighted by Gasteiger charge is -2.34. The normalized spacial score (nSPS) is 14.8. The number of pyridine rings is 1. The summed E-state index contributed by atoms with van der Waals surface area (Å²) in [6.07, 6.45) is 1.72. The minimum absolute atomic E-state index is 0.168. The van der Waals surface area contributed by atoms with Gasteiger partial charge in [-0.1, -0.05) is 0 Å². The topological polar surface area (TPSA) is 95.8 Å². The zero-order valence-corrected chi connectivity index (χ0v) is 18.4. The lowest BCUT2D eigenvalue weighted by molar-refractivity contribution is 0.188. The summed E-state index contributed by atoms with van der Waals surface area (Å²) in [4.78, 5) is 13.6. The quantitative estimate of drug-likeness (QED) is 0.486. The van der Waals surface area contributed by atoms with Gasteiger partial charge in [0.2, 0.25) is 0 Å². The molecule has 33 heavy (non-hydrogen) atoms. The van der Waals surface area contributed by atoms with E-state index in [-0.39, 0.29) is 12.4 Å². The third kappa shape index (κ3) is 4.01. The SMILES string of the molecule is Cc1nccc(-c2c(-c3ccc(F)cc3)nc3ccc(N4CCN(CCO)CC4)nn23)c1N. The Balaban J connectivity index is 1.63. The zero-order chi connectivity index (χ0) is 22.9. The monoisotopic (exact) mass is 447 g/mol. The van der Waals surface area contributed by atoms with Crippen LogP contribution in [0.5, 0.6) is 0 Å². The van der Waals surface area contributed by atoms with Gasteiger partial charge in [-0.3, -0.25) is 9.88 Å². The molecule has 4 heterocycles. The fourth-order valence-electron chi connectivity index (χ4n) is 4.27. The van der Waals surface area contributed by atoms with Crippen molar-refractivity contribution in [2.24, 2.45) is 0 Å². The fourth-order valence-corrected chi connectivity index (χ4v) is 4.27. The van der Waals surface area contributed by atoms with Gasteiger partial charge in [0.15, 0.2) is 5.65 Å². The van der Waals surface area contributed by atoms with Crippen molar-refractivity contribution >= 4 is 17.2 Å². The number of aryl methyl sites for hydroxylation is 1. The molecule has 0 unspecified atom stereocenters. The summed E-state index contributed by atoms with van der Waals surface area (Å²) >= 11 is 0. The average Bonchev–Trinajstić information content (AvgIpc) is 3.20. The number of β-amino-alcohol motifs (C(OH)–C–C–N with tert-alkyl or cyclic N) is 1. The standard InChI is InChI=1S/C24H26FN7O/c1-16-22(26)19(8-9-27-16)24-23(17-2-4-18(25)5-3-17)28-20-6-7-21(29-32(20)24)31-12-10-30(11-13-31)14-15-33/h2-9,33H,10-15,26H2,1H3. The van der Waals surface area contributed by atoms with Crippen molar-refractivity contribution < 1.29 is 9.50 Å². The number of hydrogen-bond acceptors (Lipinski definition) is 7. The molecule has 9 heteroatoms. The summed E-state index contributed by atoms with van der Waals surface area (Å²) in [5, 5.41) is 14.1. The number of aliphatic hydroxyl groups excluding tert-OH is 1. The number of aromatic nitrogens is 4. The maximum Gasteiger partial charge on any atom is 0.155 e. The summed E-state index contributed by atoms with van der Waals surface area (Å²) < 4.78 is 15.4. The Morgan fingerprint density at radius 2 is 1.79 bits per heavy atom. The second-order valence-corrected chi connectivity index (χ2v) is 8.19. The predicted molar refractivity (Wildman–Crippen MR) is 127 cm³/mol. The highest BCUT2D eigenvalue weighted by molar-refractivity contribution is 5.87. The van der Waals surface area contributed by atoms with Gasteiger partial charge in [-0.15, -0.1) is 5.10 Å². The van der Waals surface area contributed by atoms with Gasteiger partial charge in [-0.2, -0.15) is 0 Å². The largest absolute Gasteiger partial charge is 0.397 e. The van der Waals surface area contributed by atoms with Crippen LogP contribution in [0.1, 0.15) is 5.69 Å². The van der Waals surface area contributed by atoms with Gasteiger partial charge in [0, 0.05) is 50.0 Å². The number of anilines is 2. The number of hydrogen-bond donors (Lipinski definition) is 2. The van der Waals surface area contributed by atoms with E-state index in [0.717, 1.165) is 54.5 Å². The number of aliphatic hydroxyl groups is 1. The Morgan fingerprint density at radius 1 is 1.03 bits per heavy atom. The Hall–Kier alpha value is -3.56. The number of rotatable bonds is 5. The molecule has 0 aliphatic carbocycles. The molecule has 0 atom stereocenters. The number of benzene rings is 1. The fraction of sp³-hybridized carbons (Fsp3) is 0.292. The highest BCUT2D eigenvalue weighted by Crippen LogP contribution is 2.36. The average molecular weight is 448 g/mol. The van der Waals surface area contributed by atoms with Crippen molar-refractivity contribution in [1.82, 2.24) is 24.5 Å². The van der Waals surface area contributed by atoms with Crippen LogP contribution in [0.4, 0.5) is 15.9 Å². The first kappa shape index (κ1) is 21.3. The van der Waals surface area contributed by atoms with Gasteiger partial charge in [-0.05, 0) is 49.4 Å². The van der Waals surface area contributed by atoms with Crippen LogP contribution < -0.4 is 10.6 Å². The van der Waals surface area contributed by atoms with Crippen molar-refractivity contribution in [3.63, 3.8) is 0 Å². The molecule has 0 amide bonds. The number of nitrogens with zero attached hydrogens (tertiary/aromatic N) is 6. The van der Waals surface area contributed by atoms with E-state index < -0.39 is 0 Å². The van der Waals surface area contributed by atoms with E-state index in [1.807, 2.05) is 29.6 Å². The van der Waals surface area contributed by atoms with Crippen molar-refractivity contribution in [3.05, 3.63) is 60.2 Å².